The topological polar surface area (TPSA) is 57.5 Å². The number of hydrogen-bond acceptors (Lipinski definition) is 2. The summed E-state index contributed by atoms with van der Waals surface area (Å²) in [4.78, 5) is 11.0. The second-order valence-electron chi connectivity index (χ2n) is 4.74. The Hall–Kier alpha value is -0.780. The number of carbonyl (C=O) groups is 1. The van der Waals surface area contributed by atoms with E-state index in [9.17, 15) is 23.1 Å². The van der Waals surface area contributed by atoms with Gasteiger partial charge in [0.05, 0.1) is 17.4 Å². The molecule has 2 N–H and O–H groups in total. The lowest BCUT2D eigenvalue weighted by Gasteiger charge is -2.40. The lowest BCUT2D eigenvalue weighted by atomic mass is 9.70. The first-order valence-electron chi connectivity index (χ1n) is 5.72. The van der Waals surface area contributed by atoms with Crippen molar-refractivity contribution in [3.63, 3.8) is 0 Å². The third-order valence-electron chi connectivity index (χ3n) is 3.58. The zero-order chi connectivity index (χ0) is 13.3. The van der Waals surface area contributed by atoms with E-state index >= 15 is 0 Å². The van der Waals surface area contributed by atoms with E-state index in [1.807, 2.05) is 0 Å². The molecular formula is C11H17F3O3. The van der Waals surface area contributed by atoms with Gasteiger partial charge in [0, 0.05) is 0 Å². The van der Waals surface area contributed by atoms with Gasteiger partial charge in [-0.1, -0.05) is 6.92 Å². The van der Waals surface area contributed by atoms with Gasteiger partial charge in [0.15, 0.2) is 0 Å². The molecular weight excluding hydrogens is 237 g/mol. The molecule has 0 aromatic rings. The van der Waals surface area contributed by atoms with Crippen molar-refractivity contribution in [1.82, 2.24) is 0 Å². The second kappa shape index (κ2) is 4.84. The predicted octanol–water partition coefficient (Wildman–Crippen LogP) is 2.58. The summed E-state index contributed by atoms with van der Waals surface area (Å²) in [5.74, 6) is -3.93. The average Bonchev–Trinajstić information content (AvgIpc) is 2.16. The van der Waals surface area contributed by atoms with E-state index in [2.05, 4.69) is 0 Å². The van der Waals surface area contributed by atoms with Crippen molar-refractivity contribution in [2.75, 3.05) is 0 Å². The monoisotopic (exact) mass is 254 g/mol. The van der Waals surface area contributed by atoms with Crippen LogP contribution in [0.2, 0.25) is 0 Å². The Bertz CT molecular complexity index is 290. The molecule has 1 fully saturated rings. The molecule has 0 spiro atoms. The van der Waals surface area contributed by atoms with Crippen LogP contribution >= 0.6 is 0 Å². The van der Waals surface area contributed by atoms with Crippen LogP contribution < -0.4 is 0 Å². The lowest BCUT2D eigenvalue weighted by molar-refractivity contribution is -0.209. The van der Waals surface area contributed by atoms with Crippen LogP contribution in [0.5, 0.6) is 0 Å². The fraction of sp³-hybridized carbons (Fsp3) is 0.909. The zero-order valence-corrected chi connectivity index (χ0v) is 9.63. The van der Waals surface area contributed by atoms with Crippen LogP contribution in [0.15, 0.2) is 0 Å². The van der Waals surface area contributed by atoms with Gasteiger partial charge in [-0.05, 0) is 32.1 Å². The second-order valence-corrected chi connectivity index (χ2v) is 4.74. The summed E-state index contributed by atoms with van der Waals surface area (Å²) in [5, 5.41) is 19.1. The first-order valence-corrected chi connectivity index (χ1v) is 5.72. The molecule has 1 saturated carbocycles. The van der Waals surface area contributed by atoms with E-state index in [0.29, 0.717) is 0 Å². The van der Waals surface area contributed by atoms with Gasteiger partial charge < -0.3 is 10.2 Å². The Morgan fingerprint density at radius 1 is 1.53 bits per heavy atom. The number of aliphatic carboxylic acids is 1. The maximum Gasteiger partial charge on any atom is 0.391 e. The summed E-state index contributed by atoms with van der Waals surface area (Å²) >= 11 is 0. The zero-order valence-electron chi connectivity index (χ0n) is 9.63. The van der Waals surface area contributed by atoms with Crippen LogP contribution in [0.1, 0.15) is 39.0 Å². The summed E-state index contributed by atoms with van der Waals surface area (Å²) in [6.45, 7) is 1.56. The fourth-order valence-corrected chi connectivity index (χ4v) is 2.67. The summed E-state index contributed by atoms with van der Waals surface area (Å²) < 4.78 is 37.8. The molecule has 1 aliphatic carbocycles. The molecule has 1 aliphatic rings. The van der Waals surface area contributed by atoms with Crippen LogP contribution in [-0.2, 0) is 4.79 Å². The van der Waals surface area contributed by atoms with Crippen LogP contribution in [0.25, 0.3) is 0 Å². The van der Waals surface area contributed by atoms with E-state index in [1.54, 1.807) is 6.92 Å². The van der Waals surface area contributed by atoms with E-state index < -0.39 is 36.0 Å². The quantitative estimate of drug-likeness (QED) is 0.813. The van der Waals surface area contributed by atoms with Crippen molar-refractivity contribution >= 4 is 5.97 Å². The van der Waals surface area contributed by atoms with Gasteiger partial charge in [0.1, 0.15) is 0 Å². The van der Waals surface area contributed by atoms with Gasteiger partial charge in [-0.15, -0.1) is 0 Å². The number of alkyl halides is 3. The first kappa shape index (κ1) is 14.3. The molecule has 3 atom stereocenters. The van der Waals surface area contributed by atoms with E-state index in [4.69, 9.17) is 5.11 Å². The van der Waals surface area contributed by atoms with Gasteiger partial charge in [-0.25, -0.2) is 0 Å². The molecule has 3 nitrogen and oxygen atoms in total. The fourth-order valence-electron chi connectivity index (χ4n) is 2.67. The number of halogens is 3. The molecule has 0 aliphatic heterocycles. The maximum absolute atomic E-state index is 12.6. The molecule has 0 bridgehead atoms. The SMILES string of the molecule is CCC(C(=O)O)C1(O)CCCC(C(F)(F)F)C1. The minimum Gasteiger partial charge on any atom is -0.481 e. The Morgan fingerprint density at radius 3 is 2.53 bits per heavy atom. The molecule has 100 valence electrons. The highest BCUT2D eigenvalue weighted by Crippen LogP contribution is 2.45. The van der Waals surface area contributed by atoms with Crippen molar-refractivity contribution in [1.29, 1.82) is 0 Å². The highest BCUT2D eigenvalue weighted by Gasteiger charge is 2.51. The van der Waals surface area contributed by atoms with E-state index in [-0.39, 0.29) is 25.7 Å². The number of rotatable bonds is 3. The molecule has 0 heterocycles. The average molecular weight is 254 g/mol. The van der Waals surface area contributed by atoms with Crippen LogP contribution in [0.4, 0.5) is 13.2 Å². The standard InChI is InChI=1S/C11H17F3O3/c1-2-8(9(15)16)10(17)5-3-4-7(6-10)11(12,13)14/h7-8,17H,2-6H2,1H3,(H,15,16). The summed E-state index contributed by atoms with van der Waals surface area (Å²) in [7, 11) is 0. The maximum atomic E-state index is 12.6. The minimum absolute atomic E-state index is 0.0259. The lowest BCUT2D eigenvalue weighted by Crippen LogP contribution is -2.48. The Kier molecular flexibility index (Phi) is 4.06. The minimum atomic E-state index is -4.36. The van der Waals surface area contributed by atoms with Crippen LogP contribution in [-0.4, -0.2) is 28.0 Å². The molecule has 0 amide bonds. The molecule has 0 aromatic carbocycles. The molecule has 0 saturated heterocycles. The normalized spacial score (nSPS) is 32.2. The molecule has 3 unspecified atom stereocenters. The largest absolute Gasteiger partial charge is 0.481 e. The third-order valence-corrected chi connectivity index (χ3v) is 3.58. The highest BCUT2D eigenvalue weighted by atomic mass is 19.4. The molecule has 0 aromatic heterocycles. The Morgan fingerprint density at radius 2 is 2.12 bits per heavy atom. The van der Waals surface area contributed by atoms with Gasteiger partial charge in [0.25, 0.3) is 0 Å². The number of carboxylic acid groups (broad SMARTS) is 1. The predicted molar refractivity (Wildman–Crippen MR) is 54.4 cm³/mol. The summed E-state index contributed by atoms with van der Waals surface area (Å²) in [6.07, 6.45) is -4.40. The number of aliphatic hydroxyl groups is 1. The van der Waals surface area contributed by atoms with Crippen molar-refractivity contribution in [2.45, 2.75) is 50.8 Å². The summed E-state index contributed by atoms with van der Waals surface area (Å²) in [6, 6.07) is 0. The molecule has 6 heteroatoms. The van der Waals surface area contributed by atoms with Gasteiger partial charge in [-0.3, -0.25) is 4.79 Å². The molecule has 1 rings (SSSR count). The highest BCUT2D eigenvalue weighted by molar-refractivity contribution is 5.71. The first-order chi connectivity index (χ1) is 7.70. The number of carboxylic acids is 1. The Balaban J connectivity index is 2.85. The van der Waals surface area contributed by atoms with Gasteiger partial charge >= 0.3 is 12.1 Å². The molecule has 17 heavy (non-hydrogen) atoms. The van der Waals surface area contributed by atoms with Crippen molar-refractivity contribution in [3.05, 3.63) is 0 Å². The van der Waals surface area contributed by atoms with Crippen LogP contribution in [0.3, 0.4) is 0 Å². The number of hydrogen-bond donors (Lipinski definition) is 2. The van der Waals surface area contributed by atoms with Crippen molar-refractivity contribution in [3.8, 4) is 0 Å². The van der Waals surface area contributed by atoms with Crippen molar-refractivity contribution < 1.29 is 28.2 Å². The Labute approximate surface area is 97.6 Å². The van der Waals surface area contributed by atoms with Crippen LogP contribution in [0, 0.1) is 11.8 Å². The third kappa shape index (κ3) is 3.12. The van der Waals surface area contributed by atoms with E-state index in [1.165, 1.54) is 0 Å². The van der Waals surface area contributed by atoms with Crippen molar-refractivity contribution in [2.24, 2.45) is 11.8 Å². The van der Waals surface area contributed by atoms with Gasteiger partial charge in [0.2, 0.25) is 0 Å². The summed E-state index contributed by atoms with van der Waals surface area (Å²) in [5.41, 5.74) is -1.72. The smallest absolute Gasteiger partial charge is 0.391 e. The van der Waals surface area contributed by atoms with E-state index in [0.717, 1.165) is 0 Å². The van der Waals surface area contributed by atoms with Gasteiger partial charge in [-0.2, -0.15) is 13.2 Å². The molecule has 0 radical (unpaired) electrons.